The molecule has 3 atom stereocenters. The Hall–Kier alpha value is -1.35. The van der Waals surface area contributed by atoms with E-state index in [1.54, 1.807) is 6.92 Å². The Kier molecular flexibility index (Phi) is 4.81. The zero-order valence-electron chi connectivity index (χ0n) is 13.0. The van der Waals surface area contributed by atoms with Gasteiger partial charge in [-0.05, 0) is 31.9 Å². The molecule has 1 aromatic rings. The van der Waals surface area contributed by atoms with Crippen LogP contribution in [-0.2, 0) is 4.79 Å². The highest BCUT2D eigenvalue weighted by molar-refractivity contribution is 5.73. The van der Waals surface area contributed by atoms with E-state index in [1.165, 1.54) is 5.56 Å². The molecule has 1 amide bonds. The van der Waals surface area contributed by atoms with Crippen LogP contribution < -0.4 is 0 Å². The number of amides is 1. The van der Waals surface area contributed by atoms with Crippen LogP contribution in [0.4, 0.5) is 0 Å². The molecule has 0 unspecified atom stereocenters. The lowest BCUT2D eigenvalue weighted by atomic mass is 9.90. The molecule has 0 aliphatic carbocycles. The van der Waals surface area contributed by atoms with Gasteiger partial charge in [0.2, 0.25) is 5.91 Å². The van der Waals surface area contributed by atoms with Gasteiger partial charge in [0.15, 0.2) is 0 Å². The number of likely N-dealkylation sites (tertiary alicyclic amines) is 1. The number of likely N-dealkylation sites (N-methyl/N-ethyl adjacent to an activating group) is 1. The molecule has 0 spiro atoms. The van der Waals surface area contributed by atoms with Crippen LogP contribution in [0.3, 0.4) is 0 Å². The van der Waals surface area contributed by atoms with Gasteiger partial charge in [0.1, 0.15) is 0 Å². The van der Waals surface area contributed by atoms with E-state index in [9.17, 15) is 4.79 Å². The number of piperidine rings is 1. The van der Waals surface area contributed by atoms with Crippen molar-refractivity contribution < 1.29 is 4.79 Å². The van der Waals surface area contributed by atoms with E-state index in [1.807, 2.05) is 4.90 Å². The molecule has 1 fully saturated rings. The Morgan fingerprint density at radius 3 is 2.60 bits per heavy atom. The first-order valence-corrected chi connectivity index (χ1v) is 7.53. The molecule has 0 bridgehead atoms. The van der Waals surface area contributed by atoms with Crippen LogP contribution in [0.2, 0.25) is 0 Å². The maximum Gasteiger partial charge on any atom is 0.219 e. The van der Waals surface area contributed by atoms with Crippen LogP contribution in [0.5, 0.6) is 0 Å². The monoisotopic (exact) mass is 274 g/mol. The van der Waals surface area contributed by atoms with Crippen molar-refractivity contribution in [3.05, 3.63) is 35.9 Å². The van der Waals surface area contributed by atoms with Crippen molar-refractivity contribution >= 4 is 5.91 Å². The summed E-state index contributed by atoms with van der Waals surface area (Å²) in [5.74, 6) is 0.824. The van der Waals surface area contributed by atoms with Crippen molar-refractivity contribution in [3.8, 4) is 0 Å². The van der Waals surface area contributed by atoms with Gasteiger partial charge in [0.25, 0.3) is 0 Å². The zero-order valence-corrected chi connectivity index (χ0v) is 13.0. The predicted molar refractivity (Wildman–Crippen MR) is 82.4 cm³/mol. The summed E-state index contributed by atoms with van der Waals surface area (Å²) in [6.45, 7) is 7.98. The minimum absolute atomic E-state index is 0.197. The van der Waals surface area contributed by atoms with Crippen molar-refractivity contribution in [1.82, 2.24) is 9.80 Å². The highest BCUT2D eigenvalue weighted by Crippen LogP contribution is 2.28. The molecular weight excluding hydrogens is 248 g/mol. The molecule has 0 saturated carbocycles. The molecule has 0 aromatic heterocycles. The van der Waals surface area contributed by atoms with Crippen LogP contribution in [-0.4, -0.2) is 41.9 Å². The highest BCUT2D eigenvalue weighted by Gasteiger charge is 2.32. The van der Waals surface area contributed by atoms with Crippen LogP contribution in [0.1, 0.15) is 38.8 Å². The average molecular weight is 274 g/mol. The van der Waals surface area contributed by atoms with Gasteiger partial charge in [-0.25, -0.2) is 0 Å². The van der Waals surface area contributed by atoms with Gasteiger partial charge in [-0.2, -0.15) is 0 Å². The lowest BCUT2D eigenvalue weighted by Crippen LogP contribution is -2.52. The van der Waals surface area contributed by atoms with Gasteiger partial charge in [-0.3, -0.25) is 9.69 Å². The fourth-order valence-electron chi connectivity index (χ4n) is 3.12. The molecule has 110 valence electrons. The van der Waals surface area contributed by atoms with Gasteiger partial charge in [-0.1, -0.05) is 37.3 Å². The topological polar surface area (TPSA) is 23.6 Å². The summed E-state index contributed by atoms with van der Waals surface area (Å²) >= 11 is 0. The molecule has 2 rings (SSSR count). The van der Waals surface area contributed by atoms with Gasteiger partial charge in [0.05, 0.1) is 0 Å². The molecule has 1 aromatic carbocycles. The molecule has 1 aliphatic heterocycles. The summed E-state index contributed by atoms with van der Waals surface area (Å²) in [5.41, 5.74) is 1.34. The minimum Gasteiger partial charge on any atom is -0.341 e. The van der Waals surface area contributed by atoms with Crippen molar-refractivity contribution in [2.75, 3.05) is 20.1 Å². The number of benzene rings is 1. The summed E-state index contributed by atoms with van der Waals surface area (Å²) < 4.78 is 0. The van der Waals surface area contributed by atoms with E-state index in [2.05, 4.69) is 56.1 Å². The molecule has 1 aliphatic rings. The predicted octanol–water partition coefficient (Wildman–Crippen LogP) is 2.94. The van der Waals surface area contributed by atoms with E-state index in [0.29, 0.717) is 18.0 Å². The van der Waals surface area contributed by atoms with Gasteiger partial charge in [-0.15, -0.1) is 0 Å². The second kappa shape index (κ2) is 6.40. The third kappa shape index (κ3) is 3.21. The lowest BCUT2D eigenvalue weighted by Gasteiger charge is -2.43. The number of hydrogen-bond acceptors (Lipinski definition) is 2. The Balaban J connectivity index is 2.10. The number of rotatable bonds is 3. The Bertz CT molecular complexity index is 446. The van der Waals surface area contributed by atoms with Crippen molar-refractivity contribution in [2.45, 2.75) is 39.3 Å². The van der Waals surface area contributed by atoms with E-state index in [-0.39, 0.29) is 5.91 Å². The normalized spacial score (nSPS) is 24.8. The fourth-order valence-corrected chi connectivity index (χ4v) is 3.12. The largest absolute Gasteiger partial charge is 0.341 e. The molecule has 3 heteroatoms. The van der Waals surface area contributed by atoms with E-state index >= 15 is 0 Å². The first-order valence-electron chi connectivity index (χ1n) is 7.53. The van der Waals surface area contributed by atoms with E-state index in [4.69, 9.17) is 0 Å². The number of hydrogen-bond donors (Lipinski definition) is 0. The minimum atomic E-state index is 0.197. The third-order valence-electron chi connectivity index (χ3n) is 4.78. The second-order valence-electron chi connectivity index (χ2n) is 6.05. The van der Waals surface area contributed by atoms with Crippen LogP contribution in [0.25, 0.3) is 0 Å². The quantitative estimate of drug-likeness (QED) is 0.846. The Morgan fingerprint density at radius 2 is 2.00 bits per heavy atom. The van der Waals surface area contributed by atoms with E-state index in [0.717, 1.165) is 19.5 Å². The first-order chi connectivity index (χ1) is 9.50. The van der Waals surface area contributed by atoms with Crippen LogP contribution in [0.15, 0.2) is 30.3 Å². The van der Waals surface area contributed by atoms with Gasteiger partial charge in [0, 0.05) is 32.1 Å². The van der Waals surface area contributed by atoms with Gasteiger partial charge < -0.3 is 4.90 Å². The van der Waals surface area contributed by atoms with Crippen molar-refractivity contribution in [1.29, 1.82) is 0 Å². The van der Waals surface area contributed by atoms with E-state index < -0.39 is 0 Å². The fraction of sp³-hybridized carbons (Fsp3) is 0.588. The lowest BCUT2D eigenvalue weighted by molar-refractivity contribution is -0.131. The number of nitrogens with zero attached hydrogens (tertiary/aromatic N) is 2. The second-order valence-corrected chi connectivity index (χ2v) is 6.05. The Labute approximate surface area is 122 Å². The van der Waals surface area contributed by atoms with Crippen molar-refractivity contribution in [2.24, 2.45) is 5.92 Å². The average Bonchev–Trinajstić information content (AvgIpc) is 2.47. The molecular formula is C17H26N2O. The standard InChI is InChI=1S/C17H26N2O/c1-13-10-11-19(15(3)20)12-17(13)18(4)14(2)16-8-6-5-7-9-16/h5-9,13-14,17H,10-12H2,1-4H3/t13-,14-,17-/m0/s1. The molecule has 3 nitrogen and oxygen atoms in total. The molecule has 0 N–H and O–H groups in total. The maximum absolute atomic E-state index is 11.6. The Morgan fingerprint density at radius 1 is 1.35 bits per heavy atom. The number of carbonyl (C=O) groups excluding carboxylic acids is 1. The van der Waals surface area contributed by atoms with Crippen LogP contribution >= 0.6 is 0 Å². The summed E-state index contributed by atoms with van der Waals surface area (Å²) in [6.07, 6.45) is 1.09. The smallest absolute Gasteiger partial charge is 0.219 e. The molecule has 0 radical (unpaired) electrons. The molecule has 20 heavy (non-hydrogen) atoms. The SMILES string of the molecule is CC(=O)N1CC[C@H](C)[C@@H](N(C)[C@@H](C)c2ccccc2)C1. The zero-order chi connectivity index (χ0) is 14.7. The van der Waals surface area contributed by atoms with Crippen LogP contribution in [0, 0.1) is 5.92 Å². The maximum atomic E-state index is 11.6. The highest BCUT2D eigenvalue weighted by atomic mass is 16.2. The third-order valence-corrected chi connectivity index (χ3v) is 4.78. The molecule has 1 heterocycles. The summed E-state index contributed by atoms with van der Waals surface area (Å²) in [5, 5.41) is 0. The number of carbonyl (C=O) groups is 1. The van der Waals surface area contributed by atoms with Gasteiger partial charge >= 0.3 is 0 Å². The van der Waals surface area contributed by atoms with Crippen molar-refractivity contribution in [3.63, 3.8) is 0 Å². The summed E-state index contributed by atoms with van der Waals surface area (Å²) in [4.78, 5) is 16.0. The summed E-state index contributed by atoms with van der Waals surface area (Å²) in [7, 11) is 2.18. The molecule has 1 saturated heterocycles. The summed E-state index contributed by atoms with van der Waals surface area (Å²) in [6, 6.07) is 11.4. The first kappa shape index (κ1) is 15.0.